The Balaban J connectivity index is 1.70. The van der Waals surface area contributed by atoms with E-state index in [0.717, 1.165) is 4.90 Å². The van der Waals surface area contributed by atoms with Crippen LogP contribution < -0.4 is 4.90 Å². The van der Waals surface area contributed by atoms with Gasteiger partial charge in [0.25, 0.3) is 5.91 Å². The number of carbonyl (C=O) groups excluding carboxylic acids is 3. The van der Waals surface area contributed by atoms with Gasteiger partial charge in [0.15, 0.2) is 0 Å². The van der Waals surface area contributed by atoms with Gasteiger partial charge in [0, 0.05) is 0 Å². The van der Waals surface area contributed by atoms with Gasteiger partial charge in [0.1, 0.15) is 0 Å². The van der Waals surface area contributed by atoms with Crippen LogP contribution in [0.4, 0.5) is 5.69 Å². The van der Waals surface area contributed by atoms with Crippen LogP contribution in [0.1, 0.15) is 26.2 Å². The molecule has 0 spiro atoms. The fourth-order valence-electron chi connectivity index (χ4n) is 3.53. The molecule has 6 nitrogen and oxygen atoms in total. The van der Waals surface area contributed by atoms with Crippen molar-refractivity contribution >= 4 is 46.7 Å². The SMILES string of the molecule is CCOC(=O)C1CCN([C@H]2CC(=O)N(c3cccc(Cl)c3Cl)C2=O)CC1. The van der Waals surface area contributed by atoms with E-state index >= 15 is 0 Å². The summed E-state index contributed by atoms with van der Waals surface area (Å²) in [6.45, 7) is 3.30. The van der Waals surface area contributed by atoms with Crippen molar-refractivity contribution in [3.05, 3.63) is 28.2 Å². The second kappa shape index (κ2) is 7.94. The van der Waals surface area contributed by atoms with Crippen LogP contribution in [0.5, 0.6) is 0 Å². The first kappa shape index (κ1) is 19.1. The van der Waals surface area contributed by atoms with Crippen molar-refractivity contribution in [1.29, 1.82) is 0 Å². The van der Waals surface area contributed by atoms with Crippen LogP contribution in [0.2, 0.25) is 10.0 Å². The molecule has 2 amide bonds. The van der Waals surface area contributed by atoms with Crippen LogP contribution in [0.15, 0.2) is 18.2 Å². The number of halogens is 2. The van der Waals surface area contributed by atoms with Crippen molar-refractivity contribution < 1.29 is 19.1 Å². The number of nitrogens with zero attached hydrogens (tertiary/aromatic N) is 2. The molecule has 3 rings (SSSR count). The maximum Gasteiger partial charge on any atom is 0.309 e. The molecule has 1 aromatic carbocycles. The number of amides is 2. The molecule has 2 saturated heterocycles. The average molecular weight is 399 g/mol. The molecular formula is C18H20Cl2N2O4. The summed E-state index contributed by atoms with van der Waals surface area (Å²) in [4.78, 5) is 40.3. The number of anilines is 1. The summed E-state index contributed by atoms with van der Waals surface area (Å²) in [6, 6.07) is 4.35. The van der Waals surface area contributed by atoms with Gasteiger partial charge in [-0.15, -0.1) is 0 Å². The normalized spacial score (nSPS) is 22.1. The zero-order valence-electron chi connectivity index (χ0n) is 14.4. The molecule has 0 unspecified atom stereocenters. The Hall–Kier alpha value is -1.63. The Kier molecular flexibility index (Phi) is 5.85. The van der Waals surface area contributed by atoms with E-state index in [1.807, 2.05) is 4.90 Å². The number of ether oxygens (including phenoxy) is 1. The van der Waals surface area contributed by atoms with Crippen LogP contribution in [-0.4, -0.2) is 48.4 Å². The molecule has 26 heavy (non-hydrogen) atoms. The standard InChI is InChI=1S/C18H20Cl2N2O4/c1-2-26-18(25)11-6-8-21(9-7-11)14-10-15(23)22(17(14)24)13-5-3-4-12(19)16(13)20/h3-5,11,14H,2,6-10H2,1H3/t14-/m0/s1. The molecule has 0 N–H and O–H groups in total. The first-order valence-corrected chi connectivity index (χ1v) is 9.41. The van der Waals surface area contributed by atoms with Gasteiger partial charge < -0.3 is 4.74 Å². The lowest BCUT2D eigenvalue weighted by Gasteiger charge is -2.33. The molecule has 0 bridgehead atoms. The largest absolute Gasteiger partial charge is 0.466 e. The van der Waals surface area contributed by atoms with Crippen molar-refractivity contribution in [1.82, 2.24) is 4.90 Å². The molecule has 140 valence electrons. The summed E-state index contributed by atoms with van der Waals surface area (Å²) < 4.78 is 5.07. The minimum atomic E-state index is -0.527. The molecule has 8 heteroatoms. The minimum absolute atomic E-state index is 0.103. The average Bonchev–Trinajstić information content (AvgIpc) is 2.92. The fourth-order valence-corrected chi connectivity index (χ4v) is 3.91. The van der Waals surface area contributed by atoms with Gasteiger partial charge in [0.05, 0.1) is 40.7 Å². The highest BCUT2D eigenvalue weighted by molar-refractivity contribution is 6.44. The molecule has 2 aliphatic heterocycles. The highest BCUT2D eigenvalue weighted by atomic mass is 35.5. The maximum absolute atomic E-state index is 12.9. The first-order valence-electron chi connectivity index (χ1n) is 8.65. The number of hydrogen-bond donors (Lipinski definition) is 0. The number of esters is 1. The zero-order chi connectivity index (χ0) is 18.8. The summed E-state index contributed by atoms with van der Waals surface area (Å²) in [5.41, 5.74) is 0.318. The molecule has 2 aliphatic rings. The monoisotopic (exact) mass is 398 g/mol. The van der Waals surface area contributed by atoms with Gasteiger partial charge in [-0.2, -0.15) is 0 Å². The van der Waals surface area contributed by atoms with Crippen LogP contribution in [-0.2, 0) is 19.1 Å². The quantitative estimate of drug-likeness (QED) is 0.576. The van der Waals surface area contributed by atoms with E-state index in [9.17, 15) is 14.4 Å². The van der Waals surface area contributed by atoms with Crippen molar-refractivity contribution in [2.24, 2.45) is 5.92 Å². The topological polar surface area (TPSA) is 66.9 Å². The van der Waals surface area contributed by atoms with Gasteiger partial charge in [-0.05, 0) is 45.0 Å². The van der Waals surface area contributed by atoms with Crippen molar-refractivity contribution in [3.8, 4) is 0 Å². The third-order valence-corrected chi connectivity index (χ3v) is 5.69. The molecule has 0 aliphatic carbocycles. The van der Waals surface area contributed by atoms with E-state index in [-0.39, 0.29) is 35.1 Å². The molecule has 2 fully saturated rings. The number of piperidine rings is 1. The van der Waals surface area contributed by atoms with Gasteiger partial charge in [-0.1, -0.05) is 29.3 Å². The Labute approximate surface area is 162 Å². The van der Waals surface area contributed by atoms with Crippen LogP contribution in [0, 0.1) is 5.92 Å². The summed E-state index contributed by atoms with van der Waals surface area (Å²) in [7, 11) is 0. The van der Waals surface area contributed by atoms with Crippen molar-refractivity contribution in [3.63, 3.8) is 0 Å². The molecule has 1 aromatic rings. The molecule has 2 heterocycles. The lowest BCUT2D eigenvalue weighted by Crippen LogP contribution is -2.47. The van der Waals surface area contributed by atoms with Gasteiger partial charge >= 0.3 is 5.97 Å². The van der Waals surface area contributed by atoms with Crippen LogP contribution in [0.3, 0.4) is 0 Å². The lowest BCUT2D eigenvalue weighted by atomic mass is 9.95. The smallest absolute Gasteiger partial charge is 0.309 e. The first-order chi connectivity index (χ1) is 12.4. The van der Waals surface area contributed by atoms with E-state index in [1.54, 1.807) is 25.1 Å². The molecule has 0 aromatic heterocycles. The zero-order valence-corrected chi connectivity index (χ0v) is 15.9. The van der Waals surface area contributed by atoms with E-state index in [4.69, 9.17) is 27.9 Å². The summed E-state index contributed by atoms with van der Waals surface area (Å²) >= 11 is 12.2. The Morgan fingerprint density at radius 1 is 1.23 bits per heavy atom. The third-order valence-electron chi connectivity index (χ3n) is 4.89. The van der Waals surface area contributed by atoms with Gasteiger partial charge in [-0.25, -0.2) is 4.90 Å². The predicted octanol–water partition coefficient (Wildman–Crippen LogP) is 2.90. The predicted molar refractivity (Wildman–Crippen MR) is 98.3 cm³/mol. The molecule has 1 atom stereocenters. The number of likely N-dealkylation sites (tertiary alicyclic amines) is 1. The number of hydrogen-bond acceptors (Lipinski definition) is 5. The van der Waals surface area contributed by atoms with E-state index < -0.39 is 6.04 Å². The molecule has 0 radical (unpaired) electrons. The number of rotatable bonds is 4. The van der Waals surface area contributed by atoms with Crippen LogP contribution >= 0.6 is 23.2 Å². The highest BCUT2D eigenvalue weighted by Gasteiger charge is 2.44. The Bertz CT molecular complexity index is 732. The third kappa shape index (κ3) is 3.59. The lowest BCUT2D eigenvalue weighted by molar-refractivity contribution is -0.149. The van der Waals surface area contributed by atoms with E-state index in [2.05, 4.69) is 0 Å². The van der Waals surface area contributed by atoms with E-state index in [1.165, 1.54) is 0 Å². The van der Waals surface area contributed by atoms with Crippen molar-refractivity contribution in [2.75, 3.05) is 24.6 Å². The number of carbonyl (C=O) groups is 3. The fraction of sp³-hybridized carbons (Fsp3) is 0.500. The minimum Gasteiger partial charge on any atom is -0.466 e. The maximum atomic E-state index is 12.9. The van der Waals surface area contributed by atoms with Crippen molar-refractivity contribution in [2.45, 2.75) is 32.2 Å². The van der Waals surface area contributed by atoms with Crippen LogP contribution in [0.25, 0.3) is 0 Å². The second-order valence-electron chi connectivity index (χ2n) is 6.42. The van der Waals surface area contributed by atoms with E-state index in [0.29, 0.717) is 43.2 Å². The summed E-state index contributed by atoms with van der Waals surface area (Å²) in [5, 5.41) is 0.487. The Morgan fingerprint density at radius 3 is 2.58 bits per heavy atom. The van der Waals surface area contributed by atoms with Gasteiger partial charge in [-0.3, -0.25) is 19.3 Å². The van der Waals surface area contributed by atoms with Gasteiger partial charge in [0.2, 0.25) is 5.91 Å². The second-order valence-corrected chi connectivity index (χ2v) is 7.21. The molecule has 0 saturated carbocycles. The Morgan fingerprint density at radius 2 is 1.92 bits per heavy atom. The summed E-state index contributed by atoms with van der Waals surface area (Å²) in [5.74, 6) is -0.921. The summed E-state index contributed by atoms with van der Waals surface area (Å²) in [6.07, 6.45) is 1.34. The number of benzene rings is 1. The number of imide groups is 1. The highest BCUT2D eigenvalue weighted by Crippen LogP contribution is 2.36. The molecular weight excluding hydrogens is 379 g/mol.